The highest BCUT2D eigenvalue weighted by Gasteiger charge is 2.26. The van der Waals surface area contributed by atoms with Gasteiger partial charge in [-0.2, -0.15) is 0 Å². The molecule has 0 aliphatic carbocycles. The maximum absolute atomic E-state index is 5.43. The molecule has 1 aliphatic heterocycles. The summed E-state index contributed by atoms with van der Waals surface area (Å²) in [7, 11) is 5.55. The van der Waals surface area contributed by atoms with Gasteiger partial charge in [0.1, 0.15) is 0 Å². The van der Waals surface area contributed by atoms with Crippen molar-refractivity contribution in [3.05, 3.63) is 59.2 Å². The van der Waals surface area contributed by atoms with Crippen LogP contribution in [-0.4, -0.2) is 26.2 Å². The van der Waals surface area contributed by atoms with E-state index in [1.165, 1.54) is 16.7 Å². The summed E-state index contributed by atoms with van der Waals surface area (Å²) in [5.41, 5.74) is 4.03. The highest BCUT2D eigenvalue weighted by Crippen LogP contribution is 2.38. The van der Waals surface area contributed by atoms with Crippen molar-refractivity contribution in [2.75, 3.05) is 21.3 Å². The lowest BCUT2D eigenvalue weighted by Gasteiger charge is -2.35. The van der Waals surface area contributed by atoms with E-state index in [4.69, 9.17) is 9.47 Å². The molecule has 0 bridgehead atoms. The van der Waals surface area contributed by atoms with Crippen molar-refractivity contribution < 1.29 is 9.47 Å². The summed E-state index contributed by atoms with van der Waals surface area (Å²) >= 11 is 0. The second-order valence-corrected chi connectivity index (χ2v) is 5.52. The smallest absolute Gasteiger partial charge is 0.161 e. The maximum atomic E-state index is 5.43. The number of ether oxygens (including phenoxy) is 2. The van der Waals surface area contributed by atoms with Crippen LogP contribution in [0, 0.1) is 0 Å². The predicted molar refractivity (Wildman–Crippen MR) is 83.9 cm³/mol. The molecular formula is C18H21NO2. The Morgan fingerprint density at radius 2 is 1.57 bits per heavy atom. The lowest BCUT2D eigenvalue weighted by Crippen LogP contribution is -2.30. The van der Waals surface area contributed by atoms with Crippen LogP contribution in [0.2, 0.25) is 0 Å². The van der Waals surface area contributed by atoms with Crippen molar-refractivity contribution in [2.24, 2.45) is 0 Å². The fraction of sp³-hybridized carbons (Fsp3) is 0.333. The lowest BCUT2D eigenvalue weighted by atomic mass is 9.90. The van der Waals surface area contributed by atoms with Crippen LogP contribution in [0.1, 0.15) is 22.7 Å². The van der Waals surface area contributed by atoms with Crippen molar-refractivity contribution in [1.82, 2.24) is 4.90 Å². The SMILES string of the molecule is COc1cc2c(cc1OC)CN(C)C(c1ccccc1)C2. The molecule has 110 valence electrons. The molecule has 1 unspecified atom stereocenters. The summed E-state index contributed by atoms with van der Waals surface area (Å²) in [5.74, 6) is 1.62. The number of fused-ring (bicyclic) bond motifs is 1. The summed E-state index contributed by atoms with van der Waals surface area (Å²) in [5, 5.41) is 0. The molecule has 2 aromatic carbocycles. The van der Waals surface area contributed by atoms with Crippen LogP contribution in [0.3, 0.4) is 0 Å². The molecule has 0 saturated heterocycles. The first-order chi connectivity index (χ1) is 10.2. The molecule has 1 aliphatic rings. The zero-order valence-electron chi connectivity index (χ0n) is 12.8. The molecule has 2 aromatic rings. The Morgan fingerprint density at radius 1 is 0.952 bits per heavy atom. The van der Waals surface area contributed by atoms with E-state index in [0.717, 1.165) is 24.5 Å². The van der Waals surface area contributed by atoms with Gasteiger partial charge in [-0.25, -0.2) is 0 Å². The van der Waals surface area contributed by atoms with Crippen LogP contribution in [0.25, 0.3) is 0 Å². The molecule has 0 N–H and O–H groups in total. The average Bonchev–Trinajstić information content (AvgIpc) is 2.53. The molecule has 0 radical (unpaired) electrons. The Bertz CT molecular complexity index is 625. The standard InChI is InChI=1S/C18H21NO2/c1-19-12-15-11-18(21-3)17(20-2)10-14(15)9-16(19)13-7-5-4-6-8-13/h4-8,10-11,16H,9,12H2,1-3H3. The summed E-state index contributed by atoms with van der Waals surface area (Å²) in [4.78, 5) is 2.39. The second kappa shape index (κ2) is 5.78. The van der Waals surface area contributed by atoms with Crippen molar-refractivity contribution in [3.8, 4) is 11.5 Å². The number of likely N-dealkylation sites (N-methyl/N-ethyl adjacent to an activating group) is 1. The number of hydrogen-bond acceptors (Lipinski definition) is 3. The van der Waals surface area contributed by atoms with Gasteiger partial charge in [-0.05, 0) is 42.3 Å². The molecule has 0 saturated carbocycles. The minimum Gasteiger partial charge on any atom is -0.493 e. The van der Waals surface area contributed by atoms with E-state index < -0.39 is 0 Å². The lowest BCUT2D eigenvalue weighted by molar-refractivity contribution is 0.216. The number of benzene rings is 2. The minimum atomic E-state index is 0.414. The number of hydrogen-bond donors (Lipinski definition) is 0. The normalized spacial score (nSPS) is 18.1. The molecule has 0 spiro atoms. The maximum Gasteiger partial charge on any atom is 0.161 e. The van der Waals surface area contributed by atoms with Gasteiger partial charge in [-0.1, -0.05) is 30.3 Å². The molecule has 0 amide bonds. The molecule has 3 heteroatoms. The Morgan fingerprint density at radius 3 is 2.19 bits per heavy atom. The summed E-state index contributed by atoms with van der Waals surface area (Å²) < 4.78 is 10.8. The fourth-order valence-electron chi connectivity index (χ4n) is 3.09. The van der Waals surface area contributed by atoms with Crippen LogP contribution >= 0.6 is 0 Å². The van der Waals surface area contributed by atoms with Crippen molar-refractivity contribution in [2.45, 2.75) is 19.0 Å². The highest BCUT2D eigenvalue weighted by atomic mass is 16.5. The Labute approximate surface area is 126 Å². The van der Waals surface area contributed by atoms with Crippen molar-refractivity contribution in [1.29, 1.82) is 0 Å². The monoisotopic (exact) mass is 283 g/mol. The summed E-state index contributed by atoms with van der Waals surface area (Å²) in [6.45, 7) is 0.926. The van der Waals surface area contributed by atoms with Gasteiger partial charge in [0.2, 0.25) is 0 Å². The van der Waals surface area contributed by atoms with Crippen LogP contribution in [-0.2, 0) is 13.0 Å². The van der Waals surface area contributed by atoms with E-state index in [-0.39, 0.29) is 0 Å². The second-order valence-electron chi connectivity index (χ2n) is 5.52. The molecule has 3 rings (SSSR count). The van der Waals surface area contributed by atoms with Crippen molar-refractivity contribution in [3.63, 3.8) is 0 Å². The Hall–Kier alpha value is -2.00. The third kappa shape index (κ3) is 2.61. The van der Waals surface area contributed by atoms with Crippen LogP contribution in [0.4, 0.5) is 0 Å². The van der Waals surface area contributed by atoms with Gasteiger partial charge in [0.05, 0.1) is 14.2 Å². The number of methoxy groups -OCH3 is 2. The number of nitrogens with zero attached hydrogens (tertiary/aromatic N) is 1. The van der Waals surface area contributed by atoms with E-state index in [2.05, 4.69) is 54.4 Å². The summed E-state index contributed by atoms with van der Waals surface area (Å²) in [6.07, 6.45) is 0.996. The Balaban J connectivity index is 1.97. The van der Waals surface area contributed by atoms with Crippen LogP contribution < -0.4 is 9.47 Å². The quantitative estimate of drug-likeness (QED) is 0.861. The van der Waals surface area contributed by atoms with E-state index in [0.29, 0.717) is 6.04 Å². The van der Waals surface area contributed by atoms with Gasteiger partial charge in [0.25, 0.3) is 0 Å². The van der Waals surface area contributed by atoms with Crippen LogP contribution in [0.5, 0.6) is 11.5 Å². The first kappa shape index (κ1) is 14.0. The molecule has 0 aromatic heterocycles. The van der Waals surface area contributed by atoms with Gasteiger partial charge >= 0.3 is 0 Å². The van der Waals surface area contributed by atoms with Gasteiger partial charge < -0.3 is 9.47 Å². The van der Waals surface area contributed by atoms with Gasteiger partial charge in [-0.3, -0.25) is 4.90 Å². The number of rotatable bonds is 3. The van der Waals surface area contributed by atoms with Gasteiger partial charge in [0.15, 0.2) is 11.5 Å². The third-order valence-corrected chi connectivity index (χ3v) is 4.26. The molecule has 1 heterocycles. The zero-order valence-corrected chi connectivity index (χ0v) is 12.8. The predicted octanol–water partition coefficient (Wildman–Crippen LogP) is 3.43. The largest absolute Gasteiger partial charge is 0.493 e. The van der Waals surface area contributed by atoms with E-state index >= 15 is 0 Å². The Kier molecular flexibility index (Phi) is 3.84. The van der Waals surface area contributed by atoms with E-state index in [1.54, 1.807) is 14.2 Å². The first-order valence-electron chi connectivity index (χ1n) is 7.22. The van der Waals surface area contributed by atoms with Crippen molar-refractivity contribution >= 4 is 0 Å². The first-order valence-corrected chi connectivity index (χ1v) is 7.22. The van der Waals surface area contributed by atoms with Crippen LogP contribution in [0.15, 0.2) is 42.5 Å². The third-order valence-electron chi connectivity index (χ3n) is 4.26. The van der Waals surface area contributed by atoms with E-state index in [1.807, 2.05) is 0 Å². The topological polar surface area (TPSA) is 21.7 Å². The summed E-state index contributed by atoms with van der Waals surface area (Å²) in [6, 6.07) is 15.3. The van der Waals surface area contributed by atoms with E-state index in [9.17, 15) is 0 Å². The highest BCUT2D eigenvalue weighted by molar-refractivity contribution is 5.49. The minimum absolute atomic E-state index is 0.414. The molecule has 1 atom stereocenters. The van der Waals surface area contributed by atoms with Gasteiger partial charge in [0, 0.05) is 12.6 Å². The molecule has 21 heavy (non-hydrogen) atoms. The van der Waals surface area contributed by atoms with Gasteiger partial charge in [-0.15, -0.1) is 0 Å². The zero-order chi connectivity index (χ0) is 14.8. The fourth-order valence-corrected chi connectivity index (χ4v) is 3.09. The molecular weight excluding hydrogens is 262 g/mol. The average molecular weight is 283 g/mol. The molecule has 0 fully saturated rings. The molecule has 3 nitrogen and oxygen atoms in total.